The molecule has 1 amide bonds. The van der Waals surface area contributed by atoms with E-state index in [0.717, 1.165) is 23.4 Å². The Labute approximate surface area is 151 Å². The number of aromatic nitrogens is 2. The number of nitrogens with one attached hydrogen (secondary N) is 1. The Bertz CT molecular complexity index is 853. The lowest BCUT2D eigenvalue weighted by atomic mass is 10.2. The van der Waals surface area contributed by atoms with E-state index in [1.54, 1.807) is 36.7 Å². The summed E-state index contributed by atoms with van der Waals surface area (Å²) in [5, 5.41) is 3.92. The van der Waals surface area contributed by atoms with Gasteiger partial charge in [0.1, 0.15) is 0 Å². The molecule has 1 aromatic carbocycles. The van der Waals surface area contributed by atoms with Crippen molar-refractivity contribution in [1.29, 1.82) is 0 Å². The van der Waals surface area contributed by atoms with Gasteiger partial charge < -0.3 is 5.32 Å². The molecular weight excluding hydrogens is 336 g/mol. The summed E-state index contributed by atoms with van der Waals surface area (Å²) in [4.78, 5) is 21.8. The van der Waals surface area contributed by atoms with Crippen LogP contribution in [0.5, 0.6) is 0 Å². The zero-order valence-electron chi connectivity index (χ0n) is 13.7. The highest BCUT2D eigenvalue weighted by Gasteiger charge is 2.14. The quantitative estimate of drug-likeness (QED) is 0.670. The predicted molar refractivity (Wildman–Crippen MR) is 100 cm³/mol. The molecule has 2 aromatic heterocycles. The van der Waals surface area contributed by atoms with Gasteiger partial charge in [0.15, 0.2) is 5.82 Å². The summed E-state index contributed by atoms with van der Waals surface area (Å²) in [6.45, 7) is 2.49. The summed E-state index contributed by atoms with van der Waals surface area (Å²) in [5.41, 5.74) is 3.34. The number of carbonyl (C=O) groups is 1. The molecule has 5 nitrogen and oxygen atoms in total. The van der Waals surface area contributed by atoms with Crippen LogP contribution in [0.25, 0.3) is 0 Å². The van der Waals surface area contributed by atoms with Crippen molar-refractivity contribution in [3.8, 4) is 0 Å². The van der Waals surface area contributed by atoms with Gasteiger partial charge in [-0.1, -0.05) is 11.6 Å². The summed E-state index contributed by atoms with van der Waals surface area (Å²) in [7, 11) is 0. The summed E-state index contributed by atoms with van der Waals surface area (Å²) < 4.78 is 0. The highest BCUT2D eigenvalue weighted by Crippen LogP contribution is 2.31. The molecule has 0 fully saturated rings. The molecule has 0 atom stereocenters. The third-order valence-corrected chi connectivity index (χ3v) is 3.94. The van der Waals surface area contributed by atoms with Gasteiger partial charge in [0.25, 0.3) is 0 Å². The summed E-state index contributed by atoms with van der Waals surface area (Å²) >= 11 is 5.94. The van der Waals surface area contributed by atoms with Crippen LogP contribution in [0, 0.1) is 6.92 Å². The Morgan fingerprint density at radius 3 is 2.48 bits per heavy atom. The zero-order chi connectivity index (χ0) is 17.6. The maximum atomic E-state index is 11.7. The van der Waals surface area contributed by atoms with Crippen molar-refractivity contribution in [2.45, 2.75) is 13.5 Å². The minimum Gasteiger partial charge on any atom is -0.364 e. The largest absolute Gasteiger partial charge is 0.364 e. The van der Waals surface area contributed by atoms with Crippen LogP contribution in [0.4, 0.5) is 17.2 Å². The maximum Gasteiger partial charge on any atom is 0.218 e. The lowest BCUT2D eigenvalue weighted by Gasteiger charge is -2.21. The molecule has 0 radical (unpaired) electrons. The molecule has 3 rings (SSSR count). The molecule has 1 N–H and O–H groups in total. The number of halogens is 1. The average molecular weight is 353 g/mol. The Hall–Kier alpha value is -2.92. The normalized spacial score (nSPS) is 10.3. The van der Waals surface area contributed by atoms with E-state index in [2.05, 4.69) is 15.3 Å². The Morgan fingerprint density at radius 1 is 1.08 bits per heavy atom. The third kappa shape index (κ3) is 4.14. The van der Waals surface area contributed by atoms with Crippen molar-refractivity contribution in [2.75, 3.05) is 10.2 Å². The highest BCUT2D eigenvalue weighted by molar-refractivity contribution is 6.30. The number of anilines is 3. The van der Waals surface area contributed by atoms with Gasteiger partial charge in [0.05, 0.1) is 5.69 Å². The summed E-state index contributed by atoms with van der Waals surface area (Å²) in [6.07, 6.45) is 4.26. The molecule has 0 bridgehead atoms. The monoisotopic (exact) mass is 352 g/mol. The van der Waals surface area contributed by atoms with Gasteiger partial charge in [-0.3, -0.25) is 14.7 Å². The van der Waals surface area contributed by atoms with Crippen LogP contribution in [-0.2, 0) is 11.3 Å². The van der Waals surface area contributed by atoms with Gasteiger partial charge in [-0.05, 0) is 61.0 Å². The second-order valence-corrected chi connectivity index (χ2v) is 5.92. The van der Waals surface area contributed by atoms with Crippen molar-refractivity contribution in [3.05, 3.63) is 77.2 Å². The van der Waals surface area contributed by atoms with Crippen LogP contribution in [0.15, 0.2) is 60.9 Å². The fourth-order valence-corrected chi connectivity index (χ4v) is 2.54. The van der Waals surface area contributed by atoms with Gasteiger partial charge in [0.2, 0.25) is 6.41 Å². The number of nitrogens with zero attached hydrogens (tertiary/aromatic N) is 3. The van der Waals surface area contributed by atoms with Gasteiger partial charge in [-0.15, -0.1) is 0 Å². The van der Waals surface area contributed by atoms with E-state index in [0.29, 0.717) is 23.1 Å². The van der Waals surface area contributed by atoms with E-state index < -0.39 is 0 Å². The Balaban J connectivity index is 1.91. The number of amides is 1. The second kappa shape index (κ2) is 7.77. The van der Waals surface area contributed by atoms with Crippen molar-refractivity contribution >= 4 is 35.2 Å². The first-order valence-corrected chi connectivity index (χ1v) is 8.15. The summed E-state index contributed by atoms with van der Waals surface area (Å²) in [5.74, 6) is 0.638. The van der Waals surface area contributed by atoms with E-state index in [1.807, 2.05) is 31.2 Å². The van der Waals surface area contributed by atoms with E-state index in [-0.39, 0.29) is 0 Å². The van der Waals surface area contributed by atoms with Gasteiger partial charge in [0, 0.05) is 35.3 Å². The lowest BCUT2D eigenvalue weighted by molar-refractivity contribution is -0.106. The molecule has 126 valence electrons. The molecular formula is C19H17ClN4O. The molecule has 2 heterocycles. The number of benzene rings is 1. The first-order chi connectivity index (χ1) is 12.2. The first kappa shape index (κ1) is 16.9. The van der Waals surface area contributed by atoms with Crippen molar-refractivity contribution < 1.29 is 4.79 Å². The fourth-order valence-electron chi connectivity index (χ4n) is 2.42. The van der Waals surface area contributed by atoms with E-state index in [4.69, 9.17) is 11.6 Å². The minimum atomic E-state index is 0.583. The fraction of sp³-hybridized carbons (Fsp3) is 0.105. The third-order valence-electron chi connectivity index (χ3n) is 3.69. The number of pyridine rings is 2. The number of carbonyl (C=O) groups excluding carboxylic acids is 1. The van der Waals surface area contributed by atoms with E-state index >= 15 is 0 Å². The standard InChI is InChI=1S/C19H17ClN4O/c1-14-2-7-18(24(13-25)17-5-3-16(20)4-6-17)19(23-14)22-12-15-8-10-21-11-9-15/h2-11,13H,12H2,1H3,(H,22,23). The molecule has 0 saturated heterocycles. The smallest absolute Gasteiger partial charge is 0.218 e. The molecule has 25 heavy (non-hydrogen) atoms. The first-order valence-electron chi connectivity index (χ1n) is 7.78. The van der Waals surface area contributed by atoms with Crippen molar-refractivity contribution in [1.82, 2.24) is 9.97 Å². The van der Waals surface area contributed by atoms with Crippen LogP contribution in [0.3, 0.4) is 0 Å². The molecule has 3 aromatic rings. The molecule has 0 unspecified atom stereocenters. The molecule has 6 heteroatoms. The van der Waals surface area contributed by atoms with Crippen LogP contribution < -0.4 is 10.2 Å². The lowest BCUT2D eigenvalue weighted by Crippen LogP contribution is -2.17. The van der Waals surface area contributed by atoms with Gasteiger partial charge in [-0.25, -0.2) is 4.98 Å². The predicted octanol–water partition coefficient (Wildman–Crippen LogP) is 4.35. The Morgan fingerprint density at radius 2 is 1.80 bits per heavy atom. The van der Waals surface area contributed by atoms with Crippen molar-refractivity contribution in [2.24, 2.45) is 0 Å². The molecule has 0 saturated carbocycles. The molecule has 0 spiro atoms. The molecule has 0 aliphatic rings. The highest BCUT2D eigenvalue weighted by atomic mass is 35.5. The second-order valence-electron chi connectivity index (χ2n) is 5.48. The summed E-state index contributed by atoms with van der Waals surface area (Å²) in [6, 6.07) is 14.7. The van der Waals surface area contributed by atoms with Crippen molar-refractivity contribution in [3.63, 3.8) is 0 Å². The Kier molecular flexibility index (Phi) is 5.26. The maximum absolute atomic E-state index is 11.7. The van der Waals surface area contributed by atoms with Crippen LogP contribution >= 0.6 is 11.6 Å². The van der Waals surface area contributed by atoms with Gasteiger partial charge >= 0.3 is 0 Å². The topological polar surface area (TPSA) is 58.1 Å². The van der Waals surface area contributed by atoms with Gasteiger partial charge in [-0.2, -0.15) is 0 Å². The van der Waals surface area contributed by atoms with E-state index in [1.165, 1.54) is 4.90 Å². The SMILES string of the molecule is Cc1ccc(N(C=O)c2ccc(Cl)cc2)c(NCc2ccncc2)n1. The number of hydrogen-bond donors (Lipinski definition) is 1. The molecule has 0 aliphatic carbocycles. The number of rotatable bonds is 6. The average Bonchev–Trinajstić information content (AvgIpc) is 2.64. The number of hydrogen-bond acceptors (Lipinski definition) is 4. The minimum absolute atomic E-state index is 0.583. The van der Waals surface area contributed by atoms with Crippen LogP contribution in [-0.4, -0.2) is 16.4 Å². The van der Waals surface area contributed by atoms with Crippen LogP contribution in [0.2, 0.25) is 5.02 Å². The van der Waals surface area contributed by atoms with E-state index in [9.17, 15) is 4.79 Å². The van der Waals surface area contributed by atoms with Crippen LogP contribution in [0.1, 0.15) is 11.3 Å². The zero-order valence-corrected chi connectivity index (χ0v) is 14.4. The number of aryl methyl sites for hydroxylation is 1. The molecule has 0 aliphatic heterocycles.